The summed E-state index contributed by atoms with van der Waals surface area (Å²) < 4.78 is 0. The average Bonchev–Trinajstić information content (AvgIpc) is 3.15. The Morgan fingerprint density at radius 2 is 1.37 bits per heavy atom. The number of nitrogens with one attached hydrogen (secondary N) is 4. The van der Waals surface area contributed by atoms with Gasteiger partial charge in [0.25, 0.3) is 0 Å². The summed E-state index contributed by atoms with van der Waals surface area (Å²) in [6.07, 6.45) is 0.526. The minimum atomic E-state index is -1.10. The molecule has 0 bridgehead atoms. The van der Waals surface area contributed by atoms with E-state index in [2.05, 4.69) is 33.1 Å². The van der Waals surface area contributed by atoms with Crippen LogP contribution in [0.3, 0.4) is 0 Å². The van der Waals surface area contributed by atoms with Crippen LogP contribution >= 0.6 is 12.2 Å². The molecule has 0 saturated carbocycles. The number of anilines is 2. The third-order valence-corrected chi connectivity index (χ3v) is 9.09. The lowest BCUT2D eigenvalue weighted by Crippen LogP contribution is -2.48. The number of aliphatic carboxylic acids is 4. The highest BCUT2D eigenvalue weighted by molar-refractivity contribution is 7.80. The first-order valence-electron chi connectivity index (χ1n) is 18.3. The van der Waals surface area contributed by atoms with Crippen LogP contribution < -0.4 is 26.2 Å². The van der Waals surface area contributed by atoms with E-state index in [0.717, 1.165) is 27.9 Å². The third-order valence-electron chi connectivity index (χ3n) is 8.84. The summed E-state index contributed by atoms with van der Waals surface area (Å²) >= 11 is 5.50. The number of carbonyl (C=O) groups is 5. The van der Waals surface area contributed by atoms with E-state index in [0.29, 0.717) is 23.8 Å². The molecule has 17 heteroatoms. The largest absolute Gasteiger partial charge is 0.480 e. The van der Waals surface area contributed by atoms with E-state index in [1.165, 1.54) is 0 Å². The zero-order valence-corrected chi connectivity index (χ0v) is 32.1. The van der Waals surface area contributed by atoms with Crippen molar-refractivity contribution in [3.63, 3.8) is 0 Å². The summed E-state index contributed by atoms with van der Waals surface area (Å²) in [5.41, 5.74) is 4.88. The number of benzene rings is 3. The number of amides is 1. The maximum absolute atomic E-state index is 13.5. The standard InChI is InChI=1S/C40H47N7O9S/c48-35(47-24-31-7-2-1-5-29(31)11-12-30-6-3-4-8-34(30)47)15-16-42-40(57)44-32-13-9-28(10-14-32)21-33(43-23-37(51)52)25-46(27-39(55)56)20-19-45(26-38(53)54)18-17-41-22-36(49)50/h1-10,13-14,33,41,43H,15-27H2,(H,49,50)(H,51,52)(H,53,54)(H,55,56)(H2,42,44,57). The number of hydrogen-bond donors (Lipinski definition) is 8. The van der Waals surface area contributed by atoms with Crippen LogP contribution in [-0.4, -0.2) is 137 Å². The van der Waals surface area contributed by atoms with E-state index in [1.807, 2.05) is 60.7 Å². The number of rotatable bonds is 23. The molecule has 1 unspecified atom stereocenters. The van der Waals surface area contributed by atoms with Gasteiger partial charge in [-0.1, -0.05) is 54.3 Å². The van der Waals surface area contributed by atoms with Gasteiger partial charge in [-0.15, -0.1) is 0 Å². The van der Waals surface area contributed by atoms with Crippen molar-refractivity contribution >= 4 is 58.5 Å². The molecule has 0 aromatic heterocycles. The fourth-order valence-electron chi connectivity index (χ4n) is 6.16. The second-order valence-corrected chi connectivity index (χ2v) is 13.7. The van der Waals surface area contributed by atoms with E-state index >= 15 is 0 Å². The fourth-order valence-corrected chi connectivity index (χ4v) is 6.38. The Bertz CT molecular complexity index is 1950. The molecule has 16 nitrogen and oxygen atoms in total. The highest BCUT2D eigenvalue weighted by Gasteiger charge is 2.22. The number of nitrogens with zero attached hydrogens (tertiary/aromatic N) is 3. The molecule has 3 aromatic carbocycles. The Labute approximate surface area is 335 Å². The molecular formula is C40H47N7O9S. The van der Waals surface area contributed by atoms with Crippen molar-refractivity contribution in [3.8, 4) is 11.8 Å². The Hall–Kier alpha value is -5.90. The molecule has 0 radical (unpaired) electrons. The van der Waals surface area contributed by atoms with Crippen LogP contribution in [0.4, 0.5) is 11.4 Å². The van der Waals surface area contributed by atoms with Crippen LogP contribution in [0, 0.1) is 11.8 Å². The molecule has 1 aliphatic heterocycles. The molecule has 0 spiro atoms. The summed E-state index contributed by atoms with van der Waals surface area (Å²) in [5.74, 6) is 2.01. The van der Waals surface area contributed by atoms with Crippen LogP contribution in [0.15, 0.2) is 72.8 Å². The SMILES string of the molecule is O=C(O)CNCCN(CCN(CC(=O)O)CC(Cc1ccc(NC(=S)NCCC(=O)N2Cc3ccccc3C#Cc3ccccc32)cc1)NCC(=O)O)CC(=O)O. The summed E-state index contributed by atoms with van der Waals surface area (Å²) in [6, 6.07) is 22.1. The smallest absolute Gasteiger partial charge is 0.317 e. The fraction of sp³-hybridized carbons (Fsp3) is 0.350. The number of carboxylic acid groups (broad SMARTS) is 4. The lowest BCUT2D eigenvalue weighted by atomic mass is 10.0. The maximum Gasteiger partial charge on any atom is 0.317 e. The molecule has 302 valence electrons. The zero-order chi connectivity index (χ0) is 41.2. The molecule has 1 aliphatic rings. The van der Waals surface area contributed by atoms with Crippen LogP contribution in [0.1, 0.15) is 28.7 Å². The molecule has 1 amide bonds. The highest BCUT2D eigenvalue weighted by atomic mass is 32.1. The summed E-state index contributed by atoms with van der Waals surface area (Å²) in [4.78, 5) is 63.9. The van der Waals surface area contributed by atoms with E-state index < -0.39 is 29.9 Å². The lowest BCUT2D eigenvalue weighted by molar-refractivity contribution is -0.140. The second-order valence-electron chi connectivity index (χ2n) is 13.3. The van der Waals surface area contributed by atoms with Gasteiger partial charge >= 0.3 is 23.9 Å². The monoisotopic (exact) mass is 801 g/mol. The predicted octanol–water partition coefficient (Wildman–Crippen LogP) is 1.34. The summed E-state index contributed by atoms with van der Waals surface area (Å²) in [5, 5.41) is 49.3. The first kappa shape index (κ1) is 43.8. The molecule has 8 N–H and O–H groups in total. The highest BCUT2D eigenvalue weighted by Crippen LogP contribution is 2.26. The maximum atomic E-state index is 13.5. The Balaban J connectivity index is 1.31. The predicted molar refractivity (Wildman–Crippen MR) is 217 cm³/mol. The van der Waals surface area contributed by atoms with Crippen molar-refractivity contribution in [3.05, 3.63) is 95.1 Å². The third kappa shape index (κ3) is 15.6. The minimum Gasteiger partial charge on any atom is -0.480 e. The van der Waals surface area contributed by atoms with E-state index in [1.54, 1.807) is 26.8 Å². The van der Waals surface area contributed by atoms with Gasteiger partial charge in [0.1, 0.15) is 0 Å². The topological polar surface area (TPSA) is 224 Å². The van der Waals surface area contributed by atoms with E-state index in [4.69, 9.17) is 17.3 Å². The van der Waals surface area contributed by atoms with Crippen molar-refractivity contribution < 1.29 is 44.4 Å². The first-order valence-corrected chi connectivity index (χ1v) is 18.7. The average molecular weight is 802 g/mol. The Morgan fingerprint density at radius 3 is 2.07 bits per heavy atom. The second kappa shape index (κ2) is 22.6. The molecule has 1 atom stereocenters. The molecule has 0 saturated heterocycles. The van der Waals surface area contributed by atoms with Crippen molar-refractivity contribution in [1.82, 2.24) is 25.8 Å². The van der Waals surface area contributed by atoms with Crippen molar-refractivity contribution in [2.45, 2.75) is 25.4 Å². The lowest BCUT2D eigenvalue weighted by Gasteiger charge is -2.29. The van der Waals surface area contributed by atoms with Gasteiger partial charge in [0.2, 0.25) is 5.91 Å². The van der Waals surface area contributed by atoms with Gasteiger partial charge in [0, 0.05) is 68.5 Å². The van der Waals surface area contributed by atoms with Crippen molar-refractivity contribution in [2.75, 3.05) is 75.7 Å². The van der Waals surface area contributed by atoms with Crippen molar-refractivity contribution in [2.24, 2.45) is 0 Å². The number of hydrogen-bond acceptors (Lipinski definition) is 10. The molecule has 0 aliphatic carbocycles. The first-order chi connectivity index (χ1) is 27.4. The number of carboxylic acids is 4. The van der Waals surface area contributed by atoms with Crippen LogP contribution in [0.25, 0.3) is 0 Å². The van der Waals surface area contributed by atoms with Crippen molar-refractivity contribution in [1.29, 1.82) is 0 Å². The molecule has 0 fully saturated rings. The van der Waals surface area contributed by atoms with Gasteiger partial charge in [-0.2, -0.15) is 0 Å². The van der Waals surface area contributed by atoms with Gasteiger partial charge in [-0.25, -0.2) is 0 Å². The van der Waals surface area contributed by atoms with E-state index in [9.17, 15) is 39.3 Å². The molecule has 4 rings (SSSR count). The molecule has 3 aromatic rings. The van der Waals surface area contributed by atoms with Gasteiger partial charge < -0.3 is 46.6 Å². The number of thiocarbonyl (C=S) groups is 1. The van der Waals surface area contributed by atoms with Crippen LogP contribution in [0.5, 0.6) is 0 Å². The summed E-state index contributed by atoms with van der Waals surface area (Å²) in [7, 11) is 0. The zero-order valence-electron chi connectivity index (χ0n) is 31.3. The molecular weight excluding hydrogens is 755 g/mol. The normalized spacial score (nSPS) is 12.3. The van der Waals surface area contributed by atoms with Gasteiger partial charge in [-0.05, 0) is 60.1 Å². The van der Waals surface area contributed by atoms with Gasteiger partial charge in [0.05, 0.1) is 38.4 Å². The van der Waals surface area contributed by atoms with Crippen LogP contribution in [-0.2, 0) is 36.9 Å². The van der Waals surface area contributed by atoms with Gasteiger partial charge in [0.15, 0.2) is 5.11 Å². The quantitative estimate of drug-likeness (QED) is 0.0385. The molecule has 1 heterocycles. The number of para-hydroxylation sites is 1. The van der Waals surface area contributed by atoms with Crippen LogP contribution in [0.2, 0.25) is 0 Å². The number of fused-ring (bicyclic) bond motifs is 2. The molecule has 57 heavy (non-hydrogen) atoms. The Kier molecular flexibility index (Phi) is 17.4. The van der Waals surface area contributed by atoms with E-state index in [-0.39, 0.29) is 77.8 Å². The van der Waals surface area contributed by atoms with Gasteiger partial charge in [-0.3, -0.25) is 33.8 Å². The Morgan fingerprint density at radius 1 is 0.737 bits per heavy atom. The summed E-state index contributed by atoms with van der Waals surface area (Å²) in [6.45, 7) is 0.263. The number of carbonyl (C=O) groups excluding carboxylic acids is 1. The minimum absolute atomic E-state index is 0.0866.